The molecule has 0 atom stereocenters. The van der Waals surface area contributed by atoms with Crippen LogP contribution in [0.25, 0.3) is 0 Å². The van der Waals surface area contributed by atoms with Gasteiger partial charge in [0.2, 0.25) is 0 Å². The third kappa shape index (κ3) is 3.28. The summed E-state index contributed by atoms with van der Waals surface area (Å²) in [6.45, 7) is 0. The van der Waals surface area contributed by atoms with Crippen molar-refractivity contribution in [1.29, 1.82) is 10.5 Å². The maximum absolute atomic E-state index is 8.49. The first-order valence-corrected chi connectivity index (χ1v) is 8.58. The summed E-state index contributed by atoms with van der Waals surface area (Å²) >= 11 is 0. The third-order valence-corrected chi connectivity index (χ3v) is 6.05. The van der Waals surface area contributed by atoms with Gasteiger partial charge in [0.25, 0.3) is 12.5 Å². The lowest BCUT2D eigenvalue weighted by atomic mass is 10.3. The quantitative estimate of drug-likeness (QED) is 0.803. The highest BCUT2D eigenvalue weighted by molar-refractivity contribution is 8.32. The van der Waals surface area contributed by atoms with Gasteiger partial charge in [-0.25, -0.2) is 0 Å². The standard InChI is InChI=1S/C16H14N2O2S/c1-21(2,15-7-3-13(4-8-15)19-11-17)16-9-5-14(6-10-16)20-12-18/h3-10H,1-2H3. The minimum Gasteiger partial charge on any atom is -0.388 e. The molecule has 0 aliphatic carbocycles. The van der Waals surface area contributed by atoms with Crippen molar-refractivity contribution in [2.75, 3.05) is 12.5 Å². The maximum Gasteiger partial charge on any atom is 0.292 e. The Kier molecular flexibility index (Phi) is 4.37. The van der Waals surface area contributed by atoms with Crippen LogP contribution in [0.4, 0.5) is 0 Å². The van der Waals surface area contributed by atoms with Crippen LogP contribution in [0, 0.1) is 23.0 Å². The molecule has 0 amide bonds. The molecular formula is C16H14N2O2S. The zero-order valence-corrected chi connectivity index (χ0v) is 12.6. The van der Waals surface area contributed by atoms with Crippen molar-refractivity contribution in [3.05, 3.63) is 48.5 Å². The second-order valence-electron chi connectivity index (χ2n) is 4.66. The van der Waals surface area contributed by atoms with Crippen molar-refractivity contribution in [1.82, 2.24) is 0 Å². The van der Waals surface area contributed by atoms with Crippen LogP contribution in [-0.2, 0) is 0 Å². The van der Waals surface area contributed by atoms with E-state index in [1.807, 2.05) is 24.3 Å². The van der Waals surface area contributed by atoms with Crippen molar-refractivity contribution in [3.63, 3.8) is 0 Å². The van der Waals surface area contributed by atoms with Gasteiger partial charge in [-0.15, -0.1) is 10.5 Å². The Hall–Kier alpha value is -2.63. The normalized spacial score (nSPS) is 11.0. The summed E-state index contributed by atoms with van der Waals surface area (Å²) in [5.41, 5.74) is 0. The Morgan fingerprint density at radius 2 is 1.05 bits per heavy atom. The Bertz CT molecular complexity index is 634. The van der Waals surface area contributed by atoms with E-state index in [1.54, 1.807) is 36.8 Å². The van der Waals surface area contributed by atoms with Crippen LogP contribution in [0.2, 0.25) is 0 Å². The number of nitrogens with zero attached hydrogens (tertiary/aromatic N) is 2. The SMILES string of the molecule is CS(C)(c1ccc(OC#N)cc1)c1ccc(OC#N)cc1. The predicted molar refractivity (Wildman–Crippen MR) is 81.3 cm³/mol. The smallest absolute Gasteiger partial charge is 0.292 e. The molecule has 0 aliphatic rings. The van der Waals surface area contributed by atoms with Crippen molar-refractivity contribution < 1.29 is 9.47 Å². The molecule has 2 aromatic rings. The van der Waals surface area contributed by atoms with Crippen LogP contribution in [0.15, 0.2) is 58.3 Å². The van der Waals surface area contributed by atoms with Crippen molar-refractivity contribution in [2.24, 2.45) is 0 Å². The van der Waals surface area contributed by atoms with Gasteiger partial charge < -0.3 is 9.47 Å². The molecule has 0 saturated heterocycles. The summed E-state index contributed by atoms with van der Waals surface area (Å²) in [6, 6.07) is 15.1. The molecule has 0 fully saturated rings. The lowest BCUT2D eigenvalue weighted by molar-refractivity contribution is 0.506. The molecule has 5 heteroatoms. The number of ether oxygens (including phenoxy) is 2. The Morgan fingerprint density at radius 3 is 1.33 bits per heavy atom. The summed E-state index contributed by atoms with van der Waals surface area (Å²) in [4.78, 5) is 2.36. The number of rotatable bonds is 4. The first kappa shape index (κ1) is 14.8. The average molecular weight is 298 g/mol. The molecule has 0 unspecified atom stereocenters. The van der Waals surface area contributed by atoms with E-state index in [4.69, 9.17) is 20.0 Å². The zero-order valence-electron chi connectivity index (χ0n) is 11.7. The van der Waals surface area contributed by atoms with Crippen LogP contribution in [0.1, 0.15) is 0 Å². The van der Waals surface area contributed by atoms with E-state index in [1.165, 1.54) is 9.79 Å². The molecule has 21 heavy (non-hydrogen) atoms. The fourth-order valence-electron chi connectivity index (χ4n) is 1.94. The predicted octanol–water partition coefficient (Wildman–Crippen LogP) is 3.89. The van der Waals surface area contributed by atoms with Crippen molar-refractivity contribution in [2.45, 2.75) is 9.79 Å². The van der Waals surface area contributed by atoms with E-state index in [-0.39, 0.29) is 0 Å². The summed E-state index contributed by atoms with van der Waals surface area (Å²) < 4.78 is 9.58. The minimum absolute atomic E-state index is 0.536. The third-order valence-electron chi connectivity index (χ3n) is 3.15. The van der Waals surface area contributed by atoms with E-state index in [0.717, 1.165) is 0 Å². The molecule has 0 heterocycles. The average Bonchev–Trinajstić information content (AvgIpc) is 2.49. The van der Waals surface area contributed by atoms with Gasteiger partial charge in [-0.1, -0.05) is 0 Å². The van der Waals surface area contributed by atoms with Gasteiger partial charge in [0.15, 0.2) is 0 Å². The lowest BCUT2D eigenvalue weighted by Gasteiger charge is -2.32. The maximum atomic E-state index is 8.49. The summed E-state index contributed by atoms with van der Waals surface area (Å²) in [5.74, 6) is 1.07. The summed E-state index contributed by atoms with van der Waals surface area (Å²) in [6.07, 6.45) is 7.69. The first-order valence-electron chi connectivity index (χ1n) is 6.13. The zero-order chi connectivity index (χ0) is 15.3. The largest absolute Gasteiger partial charge is 0.388 e. The number of hydrogen-bond acceptors (Lipinski definition) is 4. The van der Waals surface area contributed by atoms with Gasteiger partial charge in [-0.05, 0) is 70.8 Å². The minimum atomic E-state index is -1.18. The molecule has 0 bridgehead atoms. The molecule has 0 N–H and O–H groups in total. The molecule has 2 aromatic carbocycles. The van der Waals surface area contributed by atoms with Crippen molar-refractivity contribution >= 4 is 10.0 Å². The van der Waals surface area contributed by atoms with E-state index in [2.05, 4.69) is 12.5 Å². The number of benzene rings is 2. The highest BCUT2D eigenvalue weighted by atomic mass is 32.3. The summed E-state index contributed by atoms with van der Waals surface area (Å²) in [7, 11) is -1.18. The molecule has 0 aromatic heterocycles. The van der Waals surface area contributed by atoms with E-state index >= 15 is 0 Å². The highest BCUT2D eigenvalue weighted by Crippen LogP contribution is 2.56. The van der Waals surface area contributed by atoms with Crippen LogP contribution in [0.5, 0.6) is 11.5 Å². The fourth-order valence-corrected chi connectivity index (χ4v) is 3.84. The Morgan fingerprint density at radius 1 is 0.714 bits per heavy atom. The Labute approximate surface area is 125 Å². The highest BCUT2D eigenvalue weighted by Gasteiger charge is 2.17. The van der Waals surface area contributed by atoms with Gasteiger partial charge in [0.1, 0.15) is 11.5 Å². The molecule has 106 valence electrons. The van der Waals surface area contributed by atoms with Gasteiger partial charge in [0, 0.05) is 0 Å². The van der Waals surface area contributed by atoms with E-state index < -0.39 is 10.0 Å². The van der Waals surface area contributed by atoms with Crippen LogP contribution >= 0.6 is 10.0 Å². The molecular weight excluding hydrogens is 284 g/mol. The molecule has 4 nitrogen and oxygen atoms in total. The molecule has 0 saturated carbocycles. The lowest BCUT2D eigenvalue weighted by Crippen LogP contribution is -1.98. The van der Waals surface area contributed by atoms with Crippen LogP contribution in [-0.4, -0.2) is 12.5 Å². The second kappa shape index (κ2) is 6.21. The second-order valence-corrected chi connectivity index (χ2v) is 8.25. The molecule has 2 rings (SSSR count). The monoisotopic (exact) mass is 298 g/mol. The van der Waals surface area contributed by atoms with Crippen LogP contribution < -0.4 is 9.47 Å². The number of hydrogen-bond donors (Lipinski definition) is 0. The summed E-state index contributed by atoms with van der Waals surface area (Å²) in [5, 5.41) is 17.0. The van der Waals surface area contributed by atoms with Gasteiger partial charge in [-0.2, -0.15) is 10.0 Å². The molecule has 0 aliphatic heterocycles. The van der Waals surface area contributed by atoms with Gasteiger partial charge in [0.05, 0.1) is 0 Å². The molecule has 0 radical (unpaired) electrons. The van der Waals surface area contributed by atoms with Crippen LogP contribution in [0.3, 0.4) is 0 Å². The first-order chi connectivity index (χ1) is 10.1. The van der Waals surface area contributed by atoms with Crippen molar-refractivity contribution in [3.8, 4) is 24.0 Å². The van der Waals surface area contributed by atoms with E-state index in [0.29, 0.717) is 11.5 Å². The topological polar surface area (TPSA) is 66.0 Å². The number of nitriles is 2. The Balaban J connectivity index is 2.28. The fraction of sp³-hybridized carbons (Fsp3) is 0.125. The van der Waals surface area contributed by atoms with E-state index in [9.17, 15) is 0 Å². The molecule has 0 spiro atoms. The van der Waals surface area contributed by atoms with Gasteiger partial charge in [-0.3, -0.25) is 0 Å². The van der Waals surface area contributed by atoms with Gasteiger partial charge >= 0.3 is 0 Å².